The van der Waals surface area contributed by atoms with Gasteiger partial charge in [0.1, 0.15) is 11.5 Å². The van der Waals surface area contributed by atoms with Crippen LogP contribution < -0.4 is 0 Å². The van der Waals surface area contributed by atoms with Crippen molar-refractivity contribution in [1.82, 2.24) is 0 Å². The number of hydrogen-bond donors (Lipinski definition) is 0. The first-order valence-corrected chi connectivity index (χ1v) is 14.1. The van der Waals surface area contributed by atoms with Gasteiger partial charge in [-0.3, -0.25) is 9.79 Å². The Bertz CT molecular complexity index is 725. The molecule has 0 radical (unpaired) electrons. The van der Waals surface area contributed by atoms with Gasteiger partial charge in [-0.05, 0) is 80.4 Å². The van der Waals surface area contributed by atoms with Crippen molar-refractivity contribution in [3.63, 3.8) is 0 Å². The number of halogens is 1. The Morgan fingerprint density at radius 1 is 1.09 bits per heavy atom. The summed E-state index contributed by atoms with van der Waals surface area (Å²) in [6, 6.07) is 5.47. The van der Waals surface area contributed by atoms with Crippen LogP contribution in [0.15, 0.2) is 35.0 Å². The van der Waals surface area contributed by atoms with Crippen LogP contribution in [0.2, 0.25) is 0 Å². The van der Waals surface area contributed by atoms with E-state index < -0.39 is 0 Å². The first-order chi connectivity index (χ1) is 16.7. The standard InChI is InChI=1S/C13H19F.C10H20.C7H11NO.C2H6/c1-4-10(3)8-12-9-11(5-2)6-7-13(12)14;1-4-9-6-8(3)7-10(9)5-2;1-4-7(6(3)9)8-5-2;1-2/h6-7,9-10H,4-5,8H2,1-3H3;8-10H,4-7H2,1-3H3;4-5H,1-3H3;1-2H3/b;;7-4-,8-5?;/t;8?,9-,10+;;. The number of hydrogen-bond acceptors (Lipinski definition) is 2. The number of aliphatic imine (C=N–C) groups is 1. The van der Waals surface area contributed by atoms with Crippen LogP contribution in [-0.4, -0.2) is 12.0 Å². The fourth-order valence-electron chi connectivity index (χ4n) is 4.55. The first-order valence-electron chi connectivity index (χ1n) is 14.1. The van der Waals surface area contributed by atoms with E-state index in [0.29, 0.717) is 11.6 Å². The van der Waals surface area contributed by atoms with Gasteiger partial charge in [-0.15, -0.1) is 0 Å². The van der Waals surface area contributed by atoms with Gasteiger partial charge in [-0.1, -0.05) is 92.9 Å². The molecule has 0 aliphatic heterocycles. The number of Topliss-reactive ketones (excluding diaryl/α,β-unsaturated/α-hetero) is 1. The maximum atomic E-state index is 13.4. The predicted molar refractivity (Wildman–Crippen MR) is 155 cm³/mol. The van der Waals surface area contributed by atoms with Gasteiger partial charge in [-0.2, -0.15) is 0 Å². The summed E-state index contributed by atoms with van der Waals surface area (Å²) < 4.78 is 13.4. The molecule has 0 spiro atoms. The van der Waals surface area contributed by atoms with Crippen LogP contribution in [0, 0.1) is 29.5 Å². The zero-order chi connectivity index (χ0) is 27.4. The fourth-order valence-corrected chi connectivity index (χ4v) is 4.55. The highest BCUT2D eigenvalue weighted by molar-refractivity contribution is 5.94. The van der Waals surface area contributed by atoms with E-state index >= 15 is 0 Å². The summed E-state index contributed by atoms with van der Waals surface area (Å²) in [5.41, 5.74) is 2.63. The Hall–Kier alpha value is -1.77. The van der Waals surface area contributed by atoms with E-state index in [-0.39, 0.29) is 11.6 Å². The van der Waals surface area contributed by atoms with Crippen molar-refractivity contribution < 1.29 is 9.18 Å². The Morgan fingerprint density at radius 3 is 1.97 bits per heavy atom. The number of allylic oxidation sites excluding steroid dienone is 2. The fraction of sp³-hybridized carbons (Fsp3) is 0.688. The van der Waals surface area contributed by atoms with Crippen LogP contribution in [0.1, 0.15) is 119 Å². The van der Waals surface area contributed by atoms with E-state index in [4.69, 9.17) is 0 Å². The van der Waals surface area contributed by atoms with Gasteiger partial charge in [-0.25, -0.2) is 4.39 Å². The summed E-state index contributed by atoms with van der Waals surface area (Å²) >= 11 is 0. The number of aryl methyl sites for hydroxylation is 1. The van der Waals surface area contributed by atoms with Crippen LogP contribution in [0.4, 0.5) is 4.39 Å². The lowest BCUT2D eigenvalue weighted by molar-refractivity contribution is -0.113. The second-order valence-electron chi connectivity index (χ2n) is 9.53. The van der Waals surface area contributed by atoms with Gasteiger partial charge in [0, 0.05) is 13.1 Å². The average Bonchev–Trinajstić information content (AvgIpc) is 3.25. The molecule has 0 amide bonds. The topological polar surface area (TPSA) is 29.4 Å². The molecule has 202 valence electrons. The lowest BCUT2D eigenvalue weighted by Crippen LogP contribution is -2.04. The van der Waals surface area contributed by atoms with Crippen LogP contribution in [-0.2, 0) is 17.6 Å². The number of rotatable bonds is 8. The van der Waals surface area contributed by atoms with Gasteiger partial charge in [0.25, 0.3) is 0 Å². The van der Waals surface area contributed by atoms with Crippen molar-refractivity contribution in [3.05, 3.63) is 46.9 Å². The smallest absolute Gasteiger partial charge is 0.177 e. The molecule has 0 saturated heterocycles. The number of nitrogens with zero attached hydrogens (tertiary/aromatic N) is 1. The summed E-state index contributed by atoms with van der Waals surface area (Å²) in [6.07, 6.45) is 12.1. The molecule has 0 bridgehead atoms. The second kappa shape index (κ2) is 21.5. The van der Waals surface area contributed by atoms with E-state index in [1.165, 1.54) is 38.2 Å². The summed E-state index contributed by atoms with van der Waals surface area (Å²) in [7, 11) is 0. The molecular weight excluding hydrogens is 433 g/mol. The van der Waals surface area contributed by atoms with Gasteiger partial charge in [0.05, 0.1) is 0 Å². The number of ketones is 1. The van der Waals surface area contributed by atoms with Gasteiger partial charge in [0.15, 0.2) is 5.78 Å². The zero-order valence-corrected chi connectivity index (χ0v) is 24.9. The summed E-state index contributed by atoms with van der Waals surface area (Å²) in [6.45, 7) is 22.6. The van der Waals surface area contributed by atoms with E-state index in [9.17, 15) is 9.18 Å². The normalized spacial score (nSPS) is 20.1. The highest BCUT2D eigenvalue weighted by atomic mass is 19.1. The Kier molecular flexibility index (Phi) is 21.7. The van der Waals surface area contributed by atoms with Gasteiger partial charge in [0.2, 0.25) is 0 Å². The van der Waals surface area contributed by atoms with Gasteiger partial charge >= 0.3 is 0 Å². The molecule has 2 rings (SSSR count). The predicted octanol–water partition coefficient (Wildman–Crippen LogP) is 10.0. The molecule has 2 nitrogen and oxygen atoms in total. The Labute approximate surface area is 217 Å². The molecule has 1 aliphatic carbocycles. The number of benzene rings is 1. The number of carbonyl (C=O) groups is 1. The van der Waals surface area contributed by atoms with E-state index in [2.05, 4.69) is 46.5 Å². The molecule has 0 N–H and O–H groups in total. The minimum absolute atomic E-state index is 0.00981. The quantitative estimate of drug-likeness (QED) is 0.264. The largest absolute Gasteiger partial charge is 0.293 e. The van der Waals surface area contributed by atoms with Crippen molar-refractivity contribution in [2.24, 2.45) is 28.7 Å². The molecule has 1 aliphatic rings. The monoisotopic (exact) mass is 489 g/mol. The lowest BCUT2D eigenvalue weighted by Gasteiger charge is -2.14. The highest BCUT2D eigenvalue weighted by Crippen LogP contribution is 2.39. The molecule has 1 fully saturated rings. The molecule has 0 aromatic heterocycles. The Balaban J connectivity index is 0. The van der Waals surface area contributed by atoms with Crippen LogP contribution >= 0.6 is 0 Å². The third-order valence-electron chi connectivity index (χ3n) is 6.81. The maximum Gasteiger partial charge on any atom is 0.177 e. The van der Waals surface area contributed by atoms with Crippen LogP contribution in [0.3, 0.4) is 0 Å². The van der Waals surface area contributed by atoms with Crippen LogP contribution in [0.5, 0.6) is 0 Å². The molecule has 4 atom stereocenters. The summed E-state index contributed by atoms with van der Waals surface area (Å²) in [4.78, 5) is 14.4. The summed E-state index contributed by atoms with van der Waals surface area (Å²) in [5.74, 6) is 3.64. The van der Waals surface area contributed by atoms with Crippen molar-refractivity contribution in [1.29, 1.82) is 0 Å². The highest BCUT2D eigenvalue weighted by Gasteiger charge is 2.28. The SMILES string of the molecule is CC.CC=N/C(=C\C)C(C)=O.CC[C@@H]1CC(C)C[C@@H]1CC.CCc1ccc(F)c(CC(C)CC)c1. The molecule has 3 heteroatoms. The van der Waals surface area contributed by atoms with Crippen molar-refractivity contribution in [2.45, 2.75) is 121 Å². The van der Waals surface area contributed by atoms with E-state index in [1.54, 1.807) is 32.2 Å². The first kappa shape index (κ1) is 35.4. The minimum Gasteiger partial charge on any atom is -0.293 e. The van der Waals surface area contributed by atoms with Crippen molar-refractivity contribution >= 4 is 12.0 Å². The second-order valence-corrected chi connectivity index (χ2v) is 9.53. The van der Waals surface area contributed by atoms with Crippen molar-refractivity contribution in [2.75, 3.05) is 0 Å². The third kappa shape index (κ3) is 15.1. The molecule has 0 heterocycles. The Morgan fingerprint density at radius 2 is 1.63 bits per heavy atom. The third-order valence-corrected chi connectivity index (χ3v) is 6.81. The van der Waals surface area contributed by atoms with Crippen molar-refractivity contribution in [3.8, 4) is 0 Å². The molecule has 35 heavy (non-hydrogen) atoms. The molecule has 2 unspecified atom stereocenters. The lowest BCUT2D eigenvalue weighted by atomic mass is 9.92. The van der Waals surface area contributed by atoms with E-state index in [0.717, 1.165) is 42.6 Å². The minimum atomic E-state index is -0.0532. The maximum absolute atomic E-state index is 13.4. The zero-order valence-electron chi connectivity index (χ0n) is 24.9. The molecule has 1 aromatic carbocycles. The molecule has 1 aromatic rings. The molecular formula is C32H56FNO. The number of carbonyl (C=O) groups excluding carboxylic acids is 1. The van der Waals surface area contributed by atoms with E-state index in [1.807, 2.05) is 26.0 Å². The molecule has 1 saturated carbocycles. The van der Waals surface area contributed by atoms with Crippen LogP contribution in [0.25, 0.3) is 0 Å². The summed E-state index contributed by atoms with van der Waals surface area (Å²) in [5, 5.41) is 0. The average molecular weight is 490 g/mol. The van der Waals surface area contributed by atoms with Gasteiger partial charge < -0.3 is 0 Å².